The Morgan fingerprint density at radius 1 is 0.970 bits per heavy atom. The molecule has 2 atom stereocenters. The lowest BCUT2D eigenvalue weighted by atomic mass is 10.1. The van der Waals surface area contributed by atoms with E-state index in [2.05, 4.69) is 66.1 Å². The first-order valence-electron chi connectivity index (χ1n) is 11.0. The fourth-order valence-electron chi connectivity index (χ4n) is 4.58. The van der Waals surface area contributed by atoms with Gasteiger partial charge in [-0.05, 0) is 62.4 Å². The molecule has 2 aliphatic rings. The number of aromatic nitrogens is 3. The predicted molar refractivity (Wildman–Crippen MR) is 130 cm³/mol. The van der Waals surface area contributed by atoms with Gasteiger partial charge in [0.25, 0.3) is 0 Å². The van der Waals surface area contributed by atoms with Crippen molar-refractivity contribution in [1.29, 1.82) is 0 Å². The molecule has 0 radical (unpaired) electrons. The molecule has 0 aliphatic carbocycles. The lowest BCUT2D eigenvalue weighted by Crippen LogP contribution is -2.51. The molecular formula is C23H27N7O2S. The minimum atomic E-state index is -3.36. The van der Waals surface area contributed by atoms with E-state index in [0.29, 0.717) is 23.7 Å². The Morgan fingerprint density at radius 3 is 2.33 bits per heavy atom. The maximum absolute atomic E-state index is 11.3. The van der Waals surface area contributed by atoms with E-state index in [-0.39, 0.29) is 5.82 Å². The highest BCUT2D eigenvalue weighted by Crippen LogP contribution is 2.32. The quantitative estimate of drug-likeness (QED) is 0.573. The average Bonchev–Trinajstić information content (AvgIpc) is 2.99. The summed E-state index contributed by atoms with van der Waals surface area (Å²) in [6.45, 7) is 2.16. The van der Waals surface area contributed by atoms with Crippen molar-refractivity contribution in [3.63, 3.8) is 0 Å². The van der Waals surface area contributed by atoms with Crippen LogP contribution in [0.4, 0.5) is 23.1 Å². The number of benzene rings is 1. The zero-order valence-electron chi connectivity index (χ0n) is 18.6. The molecule has 2 aliphatic heterocycles. The fourth-order valence-corrected chi connectivity index (χ4v) is 5.09. The molecule has 2 unspecified atom stereocenters. The number of hydrogen-bond acceptors (Lipinski definition) is 8. The Kier molecular flexibility index (Phi) is 5.63. The Bertz CT molecular complexity index is 1220. The average molecular weight is 466 g/mol. The third-order valence-electron chi connectivity index (χ3n) is 6.34. The number of nitrogens with zero attached hydrogens (tertiary/aromatic N) is 5. The van der Waals surface area contributed by atoms with Crippen LogP contribution in [-0.2, 0) is 10.0 Å². The van der Waals surface area contributed by atoms with Gasteiger partial charge in [-0.15, -0.1) is 0 Å². The Morgan fingerprint density at radius 2 is 1.70 bits per heavy atom. The molecule has 10 heteroatoms. The largest absolute Gasteiger partial charge is 0.368 e. The van der Waals surface area contributed by atoms with Gasteiger partial charge in [0.1, 0.15) is 5.82 Å². The number of anilines is 4. The van der Waals surface area contributed by atoms with Gasteiger partial charge in [-0.25, -0.2) is 23.4 Å². The first kappa shape index (κ1) is 21.6. The Labute approximate surface area is 193 Å². The van der Waals surface area contributed by atoms with Gasteiger partial charge in [0.05, 0.1) is 11.9 Å². The normalized spacial score (nSPS) is 20.6. The van der Waals surface area contributed by atoms with Gasteiger partial charge in [0.2, 0.25) is 16.0 Å². The lowest BCUT2D eigenvalue weighted by molar-refractivity contribution is 0.212. The zero-order valence-corrected chi connectivity index (χ0v) is 19.5. The maximum Gasteiger partial charge on any atom is 0.230 e. The van der Waals surface area contributed by atoms with Crippen LogP contribution in [0.5, 0.6) is 0 Å². The standard InChI is InChI=1S/C23H27N7O2S/c1-29-19-8-9-20(29)15-30(14-19)18-6-4-17(5-7-18)26-23-24-12-11-21(27-23)16-3-10-22(25-13-16)28-33(2,31)32/h3-7,10-13,19-20H,8-9,14-15H2,1-2H3,(H,25,28)(H,24,26,27). The number of fused-ring (bicyclic) bond motifs is 2. The molecule has 33 heavy (non-hydrogen) atoms. The van der Waals surface area contributed by atoms with Crippen LogP contribution in [0, 0.1) is 0 Å². The van der Waals surface area contributed by atoms with Gasteiger partial charge in [0, 0.05) is 54.5 Å². The highest BCUT2D eigenvalue weighted by Gasteiger charge is 2.37. The van der Waals surface area contributed by atoms with E-state index in [1.54, 1.807) is 30.6 Å². The maximum atomic E-state index is 11.3. The lowest BCUT2D eigenvalue weighted by Gasteiger charge is -2.40. The molecule has 2 aromatic heterocycles. The molecular weight excluding hydrogens is 438 g/mol. The number of rotatable bonds is 6. The number of nitrogens with one attached hydrogen (secondary N) is 2. The van der Waals surface area contributed by atoms with Gasteiger partial charge >= 0.3 is 0 Å². The minimum absolute atomic E-state index is 0.266. The summed E-state index contributed by atoms with van der Waals surface area (Å²) in [5.41, 5.74) is 3.61. The minimum Gasteiger partial charge on any atom is -0.368 e. The molecule has 9 nitrogen and oxygen atoms in total. The van der Waals surface area contributed by atoms with Crippen molar-refractivity contribution in [1.82, 2.24) is 19.9 Å². The van der Waals surface area contributed by atoms with E-state index >= 15 is 0 Å². The fraction of sp³-hybridized carbons (Fsp3) is 0.348. The number of piperazine rings is 1. The summed E-state index contributed by atoms with van der Waals surface area (Å²) in [4.78, 5) is 18.1. The van der Waals surface area contributed by atoms with Gasteiger partial charge in [-0.3, -0.25) is 9.62 Å². The van der Waals surface area contributed by atoms with Crippen LogP contribution in [0.1, 0.15) is 12.8 Å². The Hall–Kier alpha value is -3.24. The molecule has 2 saturated heterocycles. The zero-order chi connectivity index (χ0) is 23.0. The SMILES string of the molecule is CN1C2CCC1CN(c1ccc(Nc3nccc(-c4ccc(NS(C)(=O)=O)nc4)n3)cc1)C2. The molecule has 3 aromatic rings. The molecule has 2 bridgehead atoms. The summed E-state index contributed by atoms with van der Waals surface area (Å²) >= 11 is 0. The van der Waals surface area contributed by atoms with Crippen LogP contribution in [0.15, 0.2) is 54.9 Å². The highest BCUT2D eigenvalue weighted by atomic mass is 32.2. The van der Waals surface area contributed by atoms with Crippen LogP contribution in [0.3, 0.4) is 0 Å². The number of sulfonamides is 1. The van der Waals surface area contributed by atoms with E-state index in [0.717, 1.165) is 30.6 Å². The smallest absolute Gasteiger partial charge is 0.230 e. The van der Waals surface area contributed by atoms with Crippen molar-refractivity contribution >= 4 is 33.2 Å². The van der Waals surface area contributed by atoms with Crippen molar-refractivity contribution in [3.05, 3.63) is 54.9 Å². The highest BCUT2D eigenvalue weighted by molar-refractivity contribution is 7.92. The number of hydrogen-bond donors (Lipinski definition) is 2. The van der Waals surface area contributed by atoms with Crippen molar-refractivity contribution in [2.75, 3.05) is 41.3 Å². The van der Waals surface area contributed by atoms with Crippen LogP contribution < -0.4 is 14.9 Å². The molecule has 0 spiro atoms. The topological polar surface area (TPSA) is 103 Å². The van der Waals surface area contributed by atoms with Gasteiger partial charge in [-0.1, -0.05) is 0 Å². The van der Waals surface area contributed by atoms with E-state index in [9.17, 15) is 8.42 Å². The van der Waals surface area contributed by atoms with Crippen molar-refractivity contribution < 1.29 is 8.42 Å². The van der Waals surface area contributed by atoms with Gasteiger partial charge < -0.3 is 10.2 Å². The van der Waals surface area contributed by atoms with E-state index < -0.39 is 10.0 Å². The van der Waals surface area contributed by atoms with Crippen molar-refractivity contribution in [2.45, 2.75) is 24.9 Å². The summed E-state index contributed by atoms with van der Waals surface area (Å²) in [6.07, 6.45) is 6.93. The van der Waals surface area contributed by atoms with E-state index in [1.807, 2.05) is 0 Å². The summed E-state index contributed by atoms with van der Waals surface area (Å²) < 4.78 is 25.0. The third kappa shape index (κ3) is 4.91. The molecule has 0 saturated carbocycles. The third-order valence-corrected chi connectivity index (χ3v) is 6.92. The van der Waals surface area contributed by atoms with Crippen LogP contribution >= 0.6 is 0 Å². The van der Waals surface area contributed by atoms with Gasteiger partial charge in [0.15, 0.2) is 0 Å². The van der Waals surface area contributed by atoms with Crippen LogP contribution in [0.25, 0.3) is 11.3 Å². The number of likely N-dealkylation sites (N-methyl/N-ethyl adjacent to an activating group) is 1. The number of pyridine rings is 1. The van der Waals surface area contributed by atoms with Crippen LogP contribution in [0.2, 0.25) is 0 Å². The second-order valence-electron chi connectivity index (χ2n) is 8.70. The molecule has 2 fully saturated rings. The first-order valence-corrected chi connectivity index (χ1v) is 12.8. The summed E-state index contributed by atoms with van der Waals surface area (Å²) in [5, 5.41) is 3.26. The Balaban J connectivity index is 1.26. The van der Waals surface area contributed by atoms with Gasteiger partial charge in [-0.2, -0.15) is 0 Å². The molecule has 4 heterocycles. The molecule has 1 aromatic carbocycles. The van der Waals surface area contributed by atoms with Crippen molar-refractivity contribution in [3.8, 4) is 11.3 Å². The van der Waals surface area contributed by atoms with E-state index in [4.69, 9.17) is 0 Å². The molecule has 5 rings (SSSR count). The molecule has 0 amide bonds. The monoisotopic (exact) mass is 465 g/mol. The van der Waals surface area contributed by atoms with Crippen LogP contribution in [-0.4, -0.2) is 66.7 Å². The van der Waals surface area contributed by atoms with Crippen molar-refractivity contribution in [2.24, 2.45) is 0 Å². The predicted octanol–water partition coefficient (Wildman–Crippen LogP) is 2.94. The summed E-state index contributed by atoms with van der Waals surface area (Å²) in [5.74, 6) is 0.748. The first-order chi connectivity index (χ1) is 15.8. The summed E-state index contributed by atoms with van der Waals surface area (Å²) in [6, 6.07) is 14.9. The second-order valence-corrected chi connectivity index (χ2v) is 10.4. The van der Waals surface area contributed by atoms with E-state index in [1.165, 1.54) is 18.5 Å². The second kappa shape index (κ2) is 8.60. The summed E-state index contributed by atoms with van der Waals surface area (Å²) in [7, 11) is -1.12. The molecule has 2 N–H and O–H groups in total. The molecule has 172 valence electrons.